The molecule has 1 aromatic rings. The zero-order valence-corrected chi connectivity index (χ0v) is 8.90. The van der Waals surface area contributed by atoms with Crippen molar-refractivity contribution in [3.63, 3.8) is 0 Å². The Labute approximate surface area is 94.3 Å². The van der Waals surface area contributed by atoms with Crippen LogP contribution in [0.5, 0.6) is 0 Å². The van der Waals surface area contributed by atoms with Crippen LogP contribution in [-0.4, -0.2) is 28.0 Å². The number of halogens is 4. The summed E-state index contributed by atoms with van der Waals surface area (Å²) in [5, 5.41) is 0. The summed E-state index contributed by atoms with van der Waals surface area (Å²) in [5.74, 6) is 0. The molecule has 0 aliphatic carbocycles. The van der Waals surface area contributed by atoms with Crippen molar-refractivity contribution in [2.45, 2.75) is 6.18 Å². The summed E-state index contributed by atoms with van der Waals surface area (Å²) in [6, 6.07) is 2.05. The first-order valence-corrected chi connectivity index (χ1v) is 2.50. The van der Waals surface area contributed by atoms with Crippen molar-refractivity contribution >= 4 is 23.1 Å². The van der Waals surface area contributed by atoms with Crippen LogP contribution in [0.15, 0.2) is 18.3 Å². The molecule has 0 aliphatic rings. The van der Waals surface area contributed by atoms with Crippen LogP contribution < -0.4 is 17.0 Å². The predicted molar refractivity (Wildman–Crippen MR) is 33.8 cm³/mol. The molecule has 0 aromatic carbocycles. The van der Waals surface area contributed by atoms with Crippen LogP contribution in [0, 0.1) is 6.20 Å². The quantitative estimate of drug-likeness (QED) is 0.404. The second-order valence-electron chi connectivity index (χ2n) is 1.67. The molecule has 0 fully saturated rings. The second-order valence-corrected chi connectivity index (χ2v) is 1.67. The van der Waals surface area contributed by atoms with Crippen LogP contribution in [-0.2, 0) is 6.18 Å². The van der Waals surface area contributed by atoms with E-state index in [0.29, 0.717) is 0 Å². The van der Waals surface area contributed by atoms with Crippen LogP contribution in [0.4, 0.5) is 13.2 Å². The smallest absolute Gasteiger partial charge is 1.00 e. The molecule has 0 saturated heterocycles. The van der Waals surface area contributed by atoms with Gasteiger partial charge in [-0.15, -0.1) is 0 Å². The molecule has 12 heavy (non-hydrogen) atoms. The van der Waals surface area contributed by atoms with Crippen LogP contribution in [0.3, 0.4) is 0 Å². The van der Waals surface area contributed by atoms with Gasteiger partial charge in [0.2, 0.25) is 0 Å². The van der Waals surface area contributed by atoms with Gasteiger partial charge in [0, 0.05) is 0 Å². The van der Waals surface area contributed by atoms with E-state index in [-0.39, 0.29) is 40.0 Å². The van der Waals surface area contributed by atoms with Crippen molar-refractivity contribution in [3.05, 3.63) is 30.1 Å². The van der Waals surface area contributed by atoms with Gasteiger partial charge in [0.1, 0.15) is 0 Å². The van der Waals surface area contributed by atoms with Gasteiger partial charge < -0.3 is 22.0 Å². The number of aromatic nitrogens is 1. The van der Waals surface area contributed by atoms with Gasteiger partial charge in [-0.2, -0.15) is 25.3 Å². The van der Waals surface area contributed by atoms with Crippen LogP contribution in [0.25, 0.3) is 0 Å². The van der Waals surface area contributed by atoms with E-state index in [2.05, 4.69) is 11.2 Å². The van der Waals surface area contributed by atoms with Crippen molar-refractivity contribution in [1.29, 1.82) is 0 Å². The van der Waals surface area contributed by atoms with E-state index in [1.807, 2.05) is 0 Å². The van der Waals surface area contributed by atoms with E-state index in [0.717, 1.165) is 18.3 Å². The molecule has 0 saturated carbocycles. The van der Waals surface area contributed by atoms with E-state index >= 15 is 0 Å². The maximum Gasteiger partial charge on any atom is 2.00 e. The molecule has 0 bridgehead atoms. The molecular formula is C6H3BrF3MgN. The number of alkyl halides is 3. The first-order valence-electron chi connectivity index (χ1n) is 2.50. The summed E-state index contributed by atoms with van der Waals surface area (Å²) in [5.41, 5.74) is -0.744. The van der Waals surface area contributed by atoms with Crippen LogP contribution >= 0.6 is 0 Å². The number of nitrogens with zero attached hydrogens (tertiary/aromatic N) is 1. The maximum absolute atomic E-state index is 11.7. The monoisotopic (exact) mass is 249 g/mol. The first-order chi connectivity index (χ1) is 4.61. The Bertz CT molecular complexity index is 214. The van der Waals surface area contributed by atoms with Crippen molar-refractivity contribution in [3.8, 4) is 0 Å². The molecule has 0 unspecified atom stereocenters. The fraction of sp³-hybridized carbons (Fsp3) is 0.167. The third kappa shape index (κ3) is 4.27. The SMILES string of the molecule is FC(F)(F)c1cc[c-]nc1.[Br-].[Mg+2]. The Morgan fingerprint density at radius 2 is 1.92 bits per heavy atom. The van der Waals surface area contributed by atoms with Crippen molar-refractivity contribution in [2.24, 2.45) is 0 Å². The van der Waals surface area contributed by atoms with E-state index in [1.54, 1.807) is 0 Å². The molecule has 62 valence electrons. The zero-order chi connectivity index (χ0) is 7.61. The van der Waals surface area contributed by atoms with Crippen LogP contribution in [0.2, 0.25) is 0 Å². The van der Waals surface area contributed by atoms with E-state index < -0.39 is 11.7 Å². The summed E-state index contributed by atoms with van der Waals surface area (Å²) in [6.45, 7) is 0. The first kappa shape index (κ1) is 14.7. The Balaban J connectivity index is 0. The van der Waals surface area contributed by atoms with E-state index in [4.69, 9.17) is 0 Å². The topological polar surface area (TPSA) is 12.9 Å². The van der Waals surface area contributed by atoms with Gasteiger partial charge in [-0.1, -0.05) is 12.4 Å². The Hall–Kier alpha value is 0.186. The molecule has 0 aliphatic heterocycles. The van der Waals surface area contributed by atoms with Crippen molar-refractivity contribution < 1.29 is 30.2 Å². The Kier molecular flexibility index (Phi) is 7.06. The number of hydrogen-bond donors (Lipinski definition) is 0. The minimum Gasteiger partial charge on any atom is -1.00 e. The summed E-state index contributed by atoms with van der Waals surface area (Å²) >= 11 is 0. The summed E-state index contributed by atoms with van der Waals surface area (Å²) in [6.07, 6.45) is -1.30. The number of pyridine rings is 1. The zero-order valence-electron chi connectivity index (χ0n) is 5.90. The third-order valence-electron chi connectivity index (χ3n) is 0.943. The fourth-order valence-corrected chi connectivity index (χ4v) is 0.488. The summed E-state index contributed by atoms with van der Waals surface area (Å²) in [4.78, 5) is 3.21. The van der Waals surface area contributed by atoms with Gasteiger partial charge in [0.25, 0.3) is 0 Å². The molecule has 1 nitrogen and oxygen atoms in total. The number of rotatable bonds is 0. The Morgan fingerprint density at radius 3 is 2.17 bits per heavy atom. The molecule has 0 amide bonds. The third-order valence-corrected chi connectivity index (χ3v) is 0.943. The van der Waals surface area contributed by atoms with Gasteiger partial charge in [-0.05, 0) is 5.56 Å². The van der Waals surface area contributed by atoms with Gasteiger partial charge >= 0.3 is 29.2 Å². The molecule has 6 heteroatoms. The molecule has 0 N–H and O–H groups in total. The average Bonchev–Trinajstić information content (AvgIpc) is 1.88. The van der Waals surface area contributed by atoms with Crippen molar-refractivity contribution in [2.75, 3.05) is 0 Å². The van der Waals surface area contributed by atoms with E-state index in [9.17, 15) is 13.2 Å². The molecule has 0 radical (unpaired) electrons. The van der Waals surface area contributed by atoms with Gasteiger partial charge in [0.05, 0.1) is 0 Å². The van der Waals surface area contributed by atoms with Crippen LogP contribution in [0.1, 0.15) is 5.56 Å². The molecule has 1 heterocycles. The fourth-order valence-electron chi connectivity index (χ4n) is 0.488. The minimum absolute atomic E-state index is 0. The Morgan fingerprint density at radius 1 is 1.33 bits per heavy atom. The van der Waals surface area contributed by atoms with Gasteiger partial charge in [-0.25, -0.2) is 0 Å². The second kappa shape index (κ2) is 5.77. The standard InChI is InChI=1S/C6H3F3N.BrH.Mg/c7-6(8,9)5-2-1-3-10-4-5;;/h1-2,4H;1H;/q-1;;+2/p-1. The van der Waals surface area contributed by atoms with E-state index in [1.165, 1.54) is 0 Å². The maximum atomic E-state index is 11.7. The van der Waals surface area contributed by atoms with Gasteiger partial charge in [0.15, 0.2) is 0 Å². The minimum atomic E-state index is -4.29. The predicted octanol–water partition coefficient (Wildman–Crippen LogP) is -1.48. The van der Waals surface area contributed by atoms with Gasteiger partial charge in [-0.3, -0.25) is 0 Å². The number of hydrogen-bond acceptors (Lipinski definition) is 1. The molecular weight excluding hydrogens is 247 g/mol. The molecule has 1 rings (SSSR count). The average molecular weight is 250 g/mol. The summed E-state index contributed by atoms with van der Waals surface area (Å²) in [7, 11) is 0. The summed E-state index contributed by atoms with van der Waals surface area (Å²) < 4.78 is 35.2. The largest absolute Gasteiger partial charge is 2.00 e. The molecule has 0 atom stereocenters. The molecule has 1 aromatic heterocycles. The molecule has 0 spiro atoms. The normalized spacial score (nSPS) is 9.58. The van der Waals surface area contributed by atoms with Crippen molar-refractivity contribution in [1.82, 2.24) is 4.98 Å².